The fraction of sp³-hybridized carbons (Fsp3) is 0.500. The molecule has 2 aromatic rings. The minimum absolute atomic E-state index is 0.165. The average Bonchev–Trinajstić information content (AvgIpc) is 3.01. The van der Waals surface area contributed by atoms with Crippen molar-refractivity contribution >= 4 is 5.69 Å². The summed E-state index contributed by atoms with van der Waals surface area (Å²) in [5.74, 6) is 0. The van der Waals surface area contributed by atoms with E-state index in [4.69, 9.17) is 4.74 Å². The number of ether oxygens (including phenoxy) is 1. The maximum atomic E-state index is 5.77. The van der Waals surface area contributed by atoms with Gasteiger partial charge in [-0.2, -0.15) is 15.0 Å². The van der Waals surface area contributed by atoms with Crippen LogP contribution in [-0.2, 0) is 4.74 Å². The molecule has 2 atom stereocenters. The normalized spacial score (nSPS) is 23.6. The smallest absolute Gasteiger partial charge is 0.0858 e. The van der Waals surface area contributed by atoms with Crippen LogP contribution in [0, 0.1) is 5.41 Å². The van der Waals surface area contributed by atoms with Crippen molar-refractivity contribution in [2.75, 3.05) is 11.9 Å². The predicted octanol–water partition coefficient (Wildman–Crippen LogP) is 2.88. The van der Waals surface area contributed by atoms with Crippen molar-refractivity contribution in [3.63, 3.8) is 0 Å². The molecule has 5 heteroatoms. The summed E-state index contributed by atoms with van der Waals surface area (Å²) in [7, 11) is 0. The minimum atomic E-state index is 0.165. The van der Waals surface area contributed by atoms with Gasteiger partial charge in [0, 0.05) is 23.8 Å². The van der Waals surface area contributed by atoms with Crippen LogP contribution < -0.4 is 5.32 Å². The standard InChI is InChI=1S/C16H22N4O/c1-4-21-15-11-14(16(15,2)3)19-12-5-7-13(8-6-12)20-17-9-10-18-20/h5-10,14-15,19H,4,11H2,1-3H3. The van der Waals surface area contributed by atoms with Crippen molar-refractivity contribution in [1.29, 1.82) is 0 Å². The first-order valence-corrected chi connectivity index (χ1v) is 7.46. The Hall–Kier alpha value is -1.88. The molecule has 21 heavy (non-hydrogen) atoms. The van der Waals surface area contributed by atoms with Gasteiger partial charge < -0.3 is 10.1 Å². The zero-order chi connectivity index (χ0) is 14.9. The molecule has 5 nitrogen and oxygen atoms in total. The molecule has 1 heterocycles. The lowest BCUT2D eigenvalue weighted by atomic mass is 9.64. The molecule has 0 saturated heterocycles. The molecule has 0 radical (unpaired) electrons. The van der Waals surface area contributed by atoms with Crippen molar-refractivity contribution < 1.29 is 4.74 Å². The molecule has 1 saturated carbocycles. The van der Waals surface area contributed by atoms with Gasteiger partial charge in [-0.3, -0.25) is 0 Å². The van der Waals surface area contributed by atoms with Crippen LogP contribution in [0.15, 0.2) is 36.7 Å². The summed E-state index contributed by atoms with van der Waals surface area (Å²) in [6, 6.07) is 8.64. The van der Waals surface area contributed by atoms with E-state index in [0.717, 1.165) is 24.4 Å². The number of benzene rings is 1. The van der Waals surface area contributed by atoms with Gasteiger partial charge in [-0.05, 0) is 37.6 Å². The van der Waals surface area contributed by atoms with Gasteiger partial charge in [-0.1, -0.05) is 13.8 Å². The summed E-state index contributed by atoms with van der Waals surface area (Å²) in [6.45, 7) is 7.36. The maximum absolute atomic E-state index is 5.77. The van der Waals surface area contributed by atoms with Crippen molar-refractivity contribution in [1.82, 2.24) is 15.0 Å². The molecular weight excluding hydrogens is 264 g/mol. The molecule has 0 aliphatic heterocycles. The zero-order valence-corrected chi connectivity index (χ0v) is 12.8. The van der Waals surface area contributed by atoms with E-state index < -0.39 is 0 Å². The summed E-state index contributed by atoms with van der Waals surface area (Å²) < 4.78 is 5.77. The highest BCUT2D eigenvalue weighted by Crippen LogP contribution is 2.44. The van der Waals surface area contributed by atoms with Crippen molar-refractivity contribution in [2.24, 2.45) is 5.41 Å². The third kappa shape index (κ3) is 2.65. The highest BCUT2D eigenvalue weighted by atomic mass is 16.5. The van der Waals surface area contributed by atoms with Gasteiger partial charge in [0.2, 0.25) is 0 Å². The lowest BCUT2D eigenvalue weighted by Crippen LogP contribution is -2.58. The summed E-state index contributed by atoms with van der Waals surface area (Å²) in [6.07, 6.45) is 4.77. The molecular formula is C16H22N4O. The Kier molecular flexibility index (Phi) is 3.68. The first-order chi connectivity index (χ1) is 10.1. The Labute approximate surface area is 125 Å². The van der Waals surface area contributed by atoms with Gasteiger partial charge in [0.05, 0.1) is 24.2 Å². The predicted molar refractivity (Wildman–Crippen MR) is 82.6 cm³/mol. The topological polar surface area (TPSA) is 52.0 Å². The minimum Gasteiger partial charge on any atom is -0.382 e. The molecule has 1 aliphatic carbocycles. The first-order valence-electron chi connectivity index (χ1n) is 7.46. The Morgan fingerprint density at radius 2 is 1.90 bits per heavy atom. The zero-order valence-electron chi connectivity index (χ0n) is 12.8. The monoisotopic (exact) mass is 286 g/mol. The Balaban J connectivity index is 1.64. The molecule has 0 bridgehead atoms. The van der Waals surface area contributed by atoms with Crippen molar-refractivity contribution in [2.45, 2.75) is 39.3 Å². The van der Waals surface area contributed by atoms with Crippen molar-refractivity contribution in [3.05, 3.63) is 36.7 Å². The van der Waals surface area contributed by atoms with E-state index in [2.05, 4.69) is 48.4 Å². The summed E-state index contributed by atoms with van der Waals surface area (Å²) in [5.41, 5.74) is 2.25. The molecule has 2 unspecified atom stereocenters. The van der Waals surface area contributed by atoms with Crippen LogP contribution in [-0.4, -0.2) is 33.7 Å². The molecule has 1 aromatic carbocycles. The third-order valence-corrected chi connectivity index (χ3v) is 4.40. The summed E-state index contributed by atoms with van der Waals surface area (Å²) in [4.78, 5) is 1.61. The SMILES string of the molecule is CCOC1CC(Nc2ccc(-n3nccn3)cc2)C1(C)C. The van der Waals surface area contributed by atoms with E-state index in [1.807, 2.05) is 12.1 Å². The Morgan fingerprint density at radius 3 is 2.48 bits per heavy atom. The number of nitrogens with one attached hydrogen (secondary N) is 1. The van der Waals surface area contributed by atoms with Crippen molar-refractivity contribution in [3.8, 4) is 5.69 Å². The van der Waals surface area contributed by atoms with Crippen LogP contribution >= 0.6 is 0 Å². The number of rotatable bonds is 5. The van der Waals surface area contributed by atoms with Crippen LogP contribution in [0.4, 0.5) is 5.69 Å². The number of anilines is 1. The number of aromatic nitrogens is 3. The first kappa shape index (κ1) is 14.1. The van der Waals surface area contributed by atoms with Crippen LogP contribution in [0.5, 0.6) is 0 Å². The van der Waals surface area contributed by atoms with E-state index in [0.29, 0.717) is 12.1 Å². The van der Waals surface area contributed by atoms with Crippen LogP contribution in [0.1, 0.15) is 27.2 Å². The van der Waals surface area contributed by atoms with Gasteiger partial charge in [-0.15, -0.1) is 0 Å². The van der Waals surface area contributed by atoms with Gasteiger partial charge in [-0.25, -0.2) is 0 Å². The quantitative estimate of drug-likeness (QED) is 0.918. The molecule has 0 amide bonds. The lowest BCUT2D eigenvalue weighted by Gasteiger charge is -2.52. The average molecular weight is 286 g/mol. The fourth-order valence-electron chi connectivity index (χ4n) is 2.86. The molecule has 1 aliphatic rings. The third-order valence-electron chi connectivity index (χ3n) is 4.40. The number of hydrogen-bond acceptors (Lipinski definition) is 4. The highest BCUT2D eigenvalue weighted by molar-refractivity contribution is 5.49. The Morgan fingerprint density at radius 1 is 1.24 bits per heavy atom. The summed E-state index contributed by atoms with van der Waals surface area (Å²) in [5, 5.41) is 11.9. The van der Waals surface area contributed by atoms with E-state index >= 15 is 0 Å². The molecule has 1 aromatic heterocycles. The molecule has 0 spiro atoms. The fourth-order valence-corrected chi connectivity index (χ4v) is 2.86. The second-order valence-electron chi connectivity index (χ2n) is 6.06. The van der Waals surface area contributed by atoms with Crippen LogP contribution in [0.3, 0.4) is 0 Å². The van der Waals surface area contributed by atoms with Gasteiger partial charge in [0.15, 0.2) is 0 Å². The largest absolute Gasteiger partial charge is 0.382 e. The molecule has 1 fully saturated rings. The van der Waals surface area contributed by atoms with E-state index in [-0.39, 0.29) is 5.41 Å². The number of hydrogen-bond donors (Lipinski definition) is 1. The molecule has 112 valence electrons. The van der Waals surface area contributed by atoms with Gasteiger partial charge in [0.25, 0.3) is 0 Å². The second kappa shape index (κ2) is 5.48. The summed E-state index contributed by atoms with van der Waals surface area (Å²) >= 11 is 0. The van der Waals surface area contributed by atoms with Gasteiger partial charge >= 0.3 is 0 Å². The van der Waals surface area contributed by atoms with E-state index in [1.54, 1.807) is 17.2 Å². The maximum Gasteiger partial charge on any atom is 0.0858 e. The molecule has 1 N–H and O–H groups in total. The van der Waals surface area contributed by atoms with E-state index in [1.165, 1.54) is 0 Å². The molecule has 3 rings (SSSR count). The van der Waals surface area contributed by atoms with Crippen LogP contribution in [0.25, 0.3) is 5.69 Å². The number of nitrogens with zero attached hydrogens (tertiary/aromatic N) is 3. The lowest BCUT2D eigenvalue weighted by molar-refractivity contribution is -0.0975. The van der Waals surface area contributed by atoms with Gasteiger partial charge in [0.1, 0.15) is 0 Å². The second-order valence-corrected chi connectivity index (χ2v) is 6.06. The highest BCUT2D eigenvalue weighted by Gasteiger charge is 2.48. The van der Waals surface area contributed by atoms with Crippen LogP contribution in [0.2, 0.25) is 0 Å². The van der Waals surface area contributed by atoms with E-state index in [9.17, 15) is 0 Å². The Bertz CT molecular complexity index is 577.